The molecule has 1 N–H and O–H groups in total. The van der Waals surface area contributed by atoms with E-state index in [-0.39, 0.29) is 43.8 Å². The number of hydrogen-bond donors (Lipinski definition) is 1. The molecule has 0 aromatic heterocycles. The predicted molar refractivity (Wildman–Crippen MR) is 154 cm³/mol. The quantitative estimate of drug-likeness (QED) is 0.347. The van der Waals surface area contributed by atoms with Crippen LogP contribution in [-0.4, -0.2) is 50.0 Å². The number of benzene rings is 2. The predicted octanol–water partition coefficient (Wildman–Crippen LogP) is 5.71. The van der Waals surface area contributed by atoms with Crippen LogP contribution in [0.15, 0.2) is 42.5 Å². The summed E-state index contributed by atoms with van der Waals surface area (Å²) in [4.78, 5) is 28.5. The van der Waals surface area contributed by atoms with Crippen molar-refractivity contribution in [3.05, 3.63) is 63.6 Å². The first kappa shape index (κ1) is 30.3. The normalized spacial score (nSPS) is 14.8. The molecule has 10 heteroatoms. The summed E-state index contributed by atoms with van der Waals surface area (Å²) in [6.07, 6.45) is 5.97. The molecule has 0 saturated heterocycles. The van der Waals surface area contributed by atoms with Crippen molar-refractivity contribution in [3.8, 4) is 0 Å². The van der Waals surface area contributed by atoms with Gasteiger partial charge in [0.15, 0.2) is 0 Å². The summed E-state index contributed by atoms with van der Waals surface area (Å²) in [5.41, 5.74) is 1.99. The Balaban J connectivity index is 1.81. The summed E-state index contributed by atoms with van der Waals surface area (Å²) >= 11 is 12.9. The van der Waals surface area contributed by atoms with E-state index in [0.29, 0.717) is 27.7 Å². The number of nitrogens with zero attached hydrogens (tertiary/aromatic N) is 2. The van der Waals surface area contributed by atoms with Crippen LogP contribution in [0.1, 0.15) is 63.0 Å². The molecular weight excluding hydrogens is 545 g/mol. The van der Waals surface area contributed by atoms with Crippen LogP contribution in [-0.2, 0) is 26.2 Å². The fraction of sp³-hybridized carbons (Fsp3) is 0.500. The lowest BCUT2D eigenvalue weighted by Gasteiger charge is -2.32. The average molecular weight is 583 g/mol. The van der Waals surface area contributed by atoms with Crippen LogP contribution >= 0.6 is 23.2 Å². The molecule has 38 heavy (non-hydrogen) atoms. The van der Waals surface area contributed by atoms with Crippen molar-refractivity contribution in [1.82, 2.24) is 10.2 Å². The molecule has 0 radical (unpaired) electrons. The highest BCUT2D eigenvalue weighted by molar-refractivity contribution is 7.92. The minimum atomic E-state index is -3.56. The summed E-state index contributed by atoms with van der Waals surface area (Å²) in [6.45, 7) is 3.95. The number of hydrogen-bond acceptors (Lipinski definition) is 4. The molecule has 1 saturated carbocycles. The summed E-state index contributed by atoms with van der Waals surface area (Å²) in [5.74, 6) is -0.443. The van der Waals surface area contributed by atoms with Gasteiger partial charge in [-0.1, -0.05) is 67.2 Å². The van der Waals surface area contributed by atoms with E-state index in [1.807, 2.05) is 26.0 Å². The standard InChI is InChI=1S/C28H37Cl2N3O4S/c1-4-25(28(35)31-21-12-6-7-13-21)32(19-22-23(29)14-9-15-24(22)30)27(34)17-10-18-33(38(3,36)37)26-16-8-5-11-20(26)2/h5,8-9,11,14-16,21,25H,4,6-7,10,12-13,17-19H2,1-3H3,(H,31,35)/t25-/m0/s1. The van der Waals surface area contributed by atoms with E-state index in [1.165, 1.54) is 9.21 Å². The van der Waals surface area contributed by atoms with Crippen LogP contribution in [0.2, 0.25) is 10.0 Å². The Morgan fingerprint density at radius 3 is 2.26 bits per heavy atom. The highest BCUT2D eigenvalue weighted by Crippen LogP contribution is 2.28. The van der Waals surface area contributed by atoms with Crippen molar-refractivity contribution in [2.45, 2.75) is 77.4 Å². The Hall–Kier alpha value is -2.29. The maximum Gasteiger partial charge on any atom is 0.243 e. The molecular formula is C28H37Cl2N3O4S. The van der Waals surface area contributed by atoms with Crippen molar-refractivity contribution in [2.24, 2.45) is 0 Å². The maximum absolute atomic E-state index is 13.6. The van der Waals surface area contributed by atoms with Gasteiger partial charge in [0.05, 0.1) is 11.9 Å². The number of rotatable bonds is 12. The van der Waals surface area contributed by atoms with E-state index in [2.05, 4.69) is 5.32 Å². The molecule has 0 heterocycles. The van der Waals surface area contributed by atoms with Gasteiger partial charge in [-0.15, -0.1) is 0 Å². The van der Waals surface area contributed by atoms with Crippen LogP contribution in [0.25, 0.3) is 0 Å². The molecule has 208 valence electrons. The van der Waals surface area contributed by atoms with E-state index < -0.39 is 16.1 Å². The number of aryl methyl sites for hydroxylation is 1. The van der Waals surface area contributed by atoms with Gasteiger partial charge in [-0.3, -0.25) is 13.9 Å². The number of sulfonamides is 1. The third kappa shape index (κ3) is 7.87. The number of halogens is 2. The maximum atomic E-state index is 13.6. The molecule has 2 aromatic carbocycles. The number of carbonyl (C=O) groups is 2. The number of nitrogens with one attached hydrogen (secondary N) is 1. The van der Waals surface area contributed by atoms with Crippen molar-refractivity contribution >= 4 is 50.7 Å². The molecule has 2 amide bonds. The minimum Gasteiger partial charge on any atom is -0.352 e. The molecule has 1 aliphatic rings. The summed E-state index contributed by atoms with van der Waals surface area (Å²) in [7, 11) is -3.56. The molecule has 0 bridgehead atoms. The molecule has 7 nitrogen and oxygen atoms in total. The third-order valence-electron chi connectivity index (χ3n) is 7.01. The molecule has 0 unspecified atom stereocenters. The van der Waals surface area contributed by atoms with E-state index in [4.69, 9.17) is 23.2 Å². The Morgan fingerprint density at radius 2 is 1.68 bits per heavy atom. The third-order valence-corrected chi connectivity index (χ3v) is 8.90. The van der Waals surface area contributed by atoms with E-state index in [9.17, 15) is 18.0 Å². The van der Waals surface area contributed by atoms with Gasteiger partial charge in [0.2, 0.25) is 21.8 Å². The fourth-order valence-corrected chi connectivity index (χ4v) is 6.51. The molecule has 2 aromatic rings. The highest BCUT2D eigenvalue weighted by Gasteiger charge is 2.31. The largest absolute Gasteiger partial charge is 0.352 e. The molecule has 1 atom stereocenters. The molecule has 0 aliphatic heterocycles. The topological polar surface area (TPSA) is 86.8 Å². The second-order valence-electron chi connectivity index (χ2n) is 9.86. The molecule has 0 spiro atoms. The second-order valence-corrected chi connectivity index (χ2v) is 12.6. The molecule has 1 aliphatic carbocycles. The zero-order valence-corrected chi connectivity index (χ0v) is 24.6. The average Bonchev–Trinajstić information content (AvgIpc) is 3.36. The van der Waals surface area contributed by atoms with E-state index in [1.54, 1.807) is 30.3 Å². The second kappa shape index (κ2) is 13.7. The summed E-state index contributed by atoms with van der Waals surface area (Å²) in [6, 6.07) is 11.8. The van der Waals surface area contributed by atoms with Gasteiger partial charge in [0.1, 0.15) is 6.04 Å². The van der Waals surface area contributed by atoms with Gasteiger partial charge in [0.25, 0.3) is 0 Å². The lowest BCUT2D eigenvalue weighted by molar-refractivity contribution is -0.141. The first-order chi connectivity index (χ1) is 18.0. The SMILES string of the molecule is CC[C@@H](C(=O)NC1CCCC1)N(Cc1c(Cl)cccc1Cl)C(=O)CCCN(c1ccccc1C)S(C)(=O)=O. The zero-order chi connectivity index (χ0) is 27.9. The monoisotopic (exact) mass is 581 g/mol. The number of anilines is 1. The van der Waals surface area contributed by atoms with Crippen LogP contribution in [0.5, 0.6) is 0 Å². The van der Waals surface area contributed by atoms with Crippen molar-refractivity contribution in [2.75, 3.05) is 17.1 Å². The minimum absolute atomic E-state index is 0.0627. The first-order valence-corrected chi connectivity index (χ1v) is 15.7. The van der Waals surface area contributed by atoms with Crippen LogP contribution < -0.4 is 9.62 Å². The van der Waals surface area contributed by atoms with Gasteiger partial charge < -0.3 is 10.2 Å². The van der Waals surface area contributed by atoms with Crippen LogP contribution in [0.3, 0.4) is 0 Å². The van der Waals surface area contributed by atoms with Crippen molar-refractivity contribution in [1.29, 1.82) is 0 Å². The van der Waals surface area contributed by atoms with Crippen LogP contribution in [0.4, 0.5) is 5.69 Å². The Labute approximate surface area is 236 Å². The van der Waals surface area contributed by atoms with Gasteiger partial charge in [-0.05, 0) is 56.4 Å². The van der Waals surface area contributed by atoms with Crippen molar-refractivity contribution in [3.63, 3.8) is 0 Å². The summed E-state index contributed by atoms with van der Waals surface area (Å²) < 4.78 is 26.5. The van der Waals surface area contributed by atoms with Crippen molar-refractivity contribution < 1.29 is 18.0 Å². The Kier molecular flexibility index (Phi) is 10.9. The molecule has 1 fully saturated rings. The van der Waals surface area contributed by atoms with Gasteiger partial charge >= 0.3 is 0 Å². The van der Waals surface area contributed by atoms with Gasteiger partial charge in [-0.25, -0.2) is 8.42 Å². The van der Waals surface area contributed by atoms with E-state index in [0.717, 1.165) is 37.5 Å². The lowest BCUT2D eigenvalue weighted by Crippen LogP contribution is -2.51. The number of carbonyl (C=O) groups excluding carboxylic acids is 2. The fourth-order valence-electron chi connectivity index (χ4n) is 4.97. The van der Waals surface area contributed by atoms with E-state index >= 15 is 0 Å². The first-order valence-electron chi connectivity index (χ1n) is 13.1. The van der Waals surface area contributed by atoms with Gasteiger partial charge in [-0.2, -0.15) is 0 Å². The Morgan fingerprint density at radius 1 is 1.05 bits per heavy atom. The van der Waals surface area contributed by atoms with Gasteiger partial charge in [0, 0.05) is 41.2 Å². The van der Waals surface area contributed by atoms with Crippen LogP contribution in [0, 0.1) is 6.92 Å². The number of amides is 2. The zero-order valence-electron chi connectivity index (χ0n) is 22.3. The smallest absolute Gasteiger partial charge is 0.243 e. The lowest BCUT2D eigenvalue weighted by atomic mass is 10.1. The molecule has 3 rings (SSSR count). The highest BCUT2D eigenvalue weighted by atomic mass is 35.5. The number of para-hydroxylation sites is 1. The Bertz CT molecular complexity index is 1210. The summed E-state index contributed by atoms with van der Waals surface area (Å²) in [5, 5.41) is 3.96.